The molecule has 11 nitrogen and oxygen atoms in total. The summed E-state index contributed by atoms with van der Waals surface area (Å²) in [5.41, 5.74) is 5.08. The van der Waals surface area contributed by atoms with Gasteiger partial charge in [-0.2, -0.15) is 9.61 Å². The molecular formula is C42H67N7O4SSi2. The third kappa shape index (κ3) is 12.4. The highest BCUT2D eigenvalue weighted by atomic mass is 32.1. The zero-order valence-corrected chi connectivity index (χ0v) is 38.9. The van der Waals surface area contributed by atoms with Crippen molar-refractivity contribution in [1.29, 1.82) is 0 Å². The van der Waals surface area contributed by atoms with E-state index in [4.69, 9.17) is 34.3 Å². The van der Waals surface area contributed by atoms with Gasteiger partial charge < -0.3 is 24.0 Å². The van der Waals surface area contributed by atoms with Crippen LogP contribution in [0.15, 0.2) is 30.6 Å². The van der Waals surface area contributed by atoms with Crippen LogP contribution in [0.3, 0.4) is 0 Å². The second-order valence-electron chi connectivity index (χ2n) is 18.6. The zero-order valence-electron chi connectivity index (χ0n) is 36.0. The van der Waals surface area contributed by atoms with Crippen LogP contribution in [0.1, 0.15) is 76.6 Å². The molecule has 0 unspecified atom stereocenters. The first-order valence-electron chi connectivity index (χ1n) is 20.7. The Hall–Kier alpha value is -3.18. The molecule has 1 aliphatic carbocycles. The molecule has 4 aromatic heterocycles. The summed E-state index contributed by atoms with van der Waals surface area (Å²) >= 11 is 1.77. The third-order valence-corrected chi connectivity index (χ3v) is 14.5. The number of hydrogen-bond donors (Lipinski definition) is 0. The molecule has 0 spiro atoms. The van der Waals surface area contributed by atoms with Crippen LogP contribution in [0.25, 0.3) is 27.5 Å². The molecule has 0 aromatic carbocycles. The third-order valence-electron chi connectivity index (χ3n) is 9.94. The van der Waals surface area contributed by atoms with E-state index in [9.17, 15) is 4.79 Å². The van der Waals surface area contributed by atoms with E-state index in [1.54, 1.807) is 11.3 Å². The molecule has 0 radical (unpaired) electrons. The lowest BCUT2D eigenvalue weighted by Crippen LogP contribution is -2.44. The summed E-state index contributed by atoms with van der Waals surface area (Å²) in [5, 5.41) is 5.92. The molecule has 0 N–H and O–H groups in total. The molecule has 0 saturated carbocycles. The molecular weight excluding hydrogens is 755 g/mol. The smallest absolute Gasteiger partial charge is 0.410 e. The van der Waals surface area contributed by atoms with Crippen molar-refractivity contribution in [2.75, 3.05) is 38.1 Å². The van der Waals surface area contributed by atoms with Crippen LogP contribution < -0.4 is 4.90 Å². The van der Waals surface area contributed by atoms with Gasteiger partial charge in [0.05, 0.1) is 17.6 Å². The van der Waals surface area contributed by atoms with Gasteiger partial charge in [0.15, 0.2) is 5.65 Å². The van der Waals surface area contributed by atoms with Crippen molar-refractivity contribution in [3.05, 3.63) is 46.9 Å². The number of nitrogens with zero attached hydrogens (tertiary/aromatic N) is 7. The SMILES string of the molecule is CCCN(C(=O)OC(C)(C)C)[C@H](CC)CCc1cc(N(COCC[Si](C)(C)C)COCC[Si](C)(C)C)n2ncc(-c3ccc(-c4nc5c(s4)CCC5)nc3)c2n1. The number of carbonyl (C=O) groups is 1. The molecule has 14 heteroatoms. The molecule has 308 valence electrons. The van der Waals surface area contributed by atoms with Crippen LogP contribution in [-0.4, -0.2) is 96.6 Å². The molecule has 0 fully saturated rings. The van der Waals surface area contributed by atoms with E-state index in [1.165, 1.54) is 17.0 Å². The lowest BCUT2D eigenvalue weighted by atomic mass is 10.0. The van der Waals surface area contributed by atoms with E-state index < -0.39 is 21.7 Å². The maximum atomic E-state index is 13.4. The zero-order chi connectivity index (χ0) is 40.7. The Kier molecular flexibility index (Phi) is 14.9. The Labute approximate surface area is 341 Å². The molecule has 5 rings (SSSR count). The Bertz CT molecular complexity index is 1840. The molecule has 0 aliphatic heterocycles. The largest absolute Gasteiger partial charge is 0.444 e. The number of pyridine rings is 1. The van der Waals surface area contributed by atoms with Crippen molar-refractivity contribution >= 4 is 45.0 Å². The maximum Gasteiger partial charge on any atom is 0.410 e. The number of thiazole rings is 1. The standard InChI is InChI=1S/C42H67N7O4SSi2/c1-12-21-48(41(50)53-42(3,4)5)33(13-2)19-18-32-26-38(47(29-51-22-24-55(6,7)8)30-52-23-25-56(9,10)11)49-39(45-32)34(28-44-49)31-17-20-36(43-27-31)40-46-35-15-14-16-37(35)54-40/h17,20,26-28,33H,12-16,18-19,21-25,29-30H2,1-11H3/t33-/m1/s1. The van der Waals surface area contributed by atoms with Gasteiger partial charge in [0, 0.05) is 75.9 Å². The van der Waals surface area contributed by atoms with Gasteiger partial charge in [-0.3, -0.25) is 4.98 Å². The van der Waals surface area contributed by atoms with Crippen molar-refractivity contribution in [3.8, 4) is 21.8 Å². The summed E-state index contributed by atoms with van der Waals surface area (Å²) in [4.78, 5) is 33.9. The number of aromatic nitrogens is 5. The first-order chi connectivity index (χ1) is 26.4. The lowest BCUT2D eigenvalue weighted by molar-refractivity contribution is 0.0147. The predicted molar refractivity (Wildman–Crippen MR) is 235 cm³/mol. The predicted octanol–water partition coefficient (Wildman–Crippen LogP) is 10.2. The molecule has 1 amide bonds. The van der Waals surface area contributed by atoms with Crippen LogP contribution in [0.5, 0.6) is 0 Å². The molecule has 4 heterocycles. The van der Waals surface area contributed by atoms with Gasteiger partial charge >= 0.3 is 6.09 Å². The Morgan fingerprint density at radius 1 is 0.964 bits per heavy atom. The van der Waals surface area contributed by atoms with Crippen LogP contribution >= 0.6 is 11.3 Å². The number of ether oxygens (including phenoxy) is 3. The minimum Gasteiger partial charge on any atom is -0.444 e. The first-order valence-corrected chi connectivity index (χ1v) is 28.9. The van der Waals surface area contributed by atoms with Crippen molar-refractivity contribution < 1.29 is 19.0 Å². The van der Waals surface area contributed by atoms with E-state index in [-0.39, 0.29) is 12.1 Å². The molecule has 1 atom stereocenters. The van der Waals surface area contributed by atoms with E-state index in [0.29, 0.717) is 39.6 Å². The number of amides is 1. The average molecular weight is 822 g/mol. The molecule has 0 bridgehead atoms. The summed E-state index contributed by atoms with van der Waals surface area (Å²) in [7, 11) is -2.56. The number of hydrogen-bond acceptors (Lipinski definition) is 10. The van der Waals surface area contributed by atoms with Gasteiger partial charge in [-0.25, -0.2) is 14.8 Å². The fourth-order valence-corrected chi connectivity index (χ4v) is 9.33. The highest BCUT2D eigenvalue weighted by Crippen LogP contribution is 2.34. The van der Waals surface area contributed by atoms with Gasteiger partial charge in [-0.1, -0.05) is 59.2 Å². The fraction of sp³-hybridized carbons (Fsp3) is 0.643. The lowest BCUT2D eigenvalue weighted by Gasteiger charge is -2.33. The number of rotatable bonds is 20. The van der Waals surface area contributed by atoms with Gasteiger partial charge in [0.25, 0.3) is 0 Å². The summed E-state index contributed by atoms with van der Waals surface area (Å²) < 4.78 is 20.5. The minimum absolute atomic E-state index is 0.00512. The Morgan fingerprint density at radius 2 is 1.66 bits per heavy atom. The van der Waals surface area contributed by atoms with Crippen molar-refractivity contribution in [3.63, 3.8) is 0 Å². The van der Waals surface area contributed by atoms with Gasteiger partial charge in [-0.15, -0.1) is 11.3 Å². The van der Waals surface area contributed by atoms with Crippen molar-refractivity contribution in [2.45, 2.75) is 143 Å². The van der Waals surface area contributed by atoms with Gasteiger partial charge in [0.2, 0.25) is 0 Å². The first kappa shape index (κ1) is 43.9. The molecule has 4 aromatic rings. The van der Waals surface area contributed by atoms with Crippen LogP contribution in [-0.2, 0) is 33.5 Å². The summed E-state index contributed by atoms with van der Waals surface area (Å²) in [6.45, 7) is 27.0. The number of fused-ring (bicyclic) bond motifs is 2. The highest BCUT2D eigenvalue weighted by Gasteiger charge is 2.28. The Morgan fingerprint density at radius 3 is 2.23 bits per heavy atom. The highest BCUT2D eigenvalue weighted by molar-refractivity contribution is 7.15. The number of carbonyl (C=O) groups excluding carboxylic acids is 1. The fourth-order valence-electron chi connectivity index (χ4n) is 6.69. The second-order valence-corrected chi connectivity index (χ2v) is 30.9. The van der Waals surface area contributed by atoms with Crippen LogP contribution in [0.4, 0.5) is 10.6 Å². The van der Waals surface area contributed by atoms with E-state index in [1.807, 2.05) is 42.6 Å². The maximum absolute atomic E-state index is 13.4. The van der Waals surface area contributed by atoms with Gasteiger partial charge in [0.1, 0.15) is 29.9 Å². The van der Waals surface area contributed by atoms with E-state index >= 15 is 0 Å². The minimum atomic E-state index is -1.28. The average Bonchev–Trinajstić information content (AvgIpc) is 3.85. The van der Waals surface area contributed by atoms with Crippen LogP contribution in [0.2, 0.25) is 51.4 Å². The van der Waals surface area contributed by atoms with E-state index in [2.05, 4.69) is 76.2 Å². The number of aryl methyl sites for hydroxylation is 3. The summed E-state index contributed by atoms with van der Waals surface area (Å²) in [6, 6.07) is 8.46. The Balaban J connectivity index is 1.50. The molecule has 56 heavy (non-hydrogen) atoms. The normalized spacial score (nSPS) is 14.0. The van der Waals surface area contributed by atoms with Crippen LogP contribution in [0, 0.1) is 0 Å². The monoisotopic (exact) mass is 821 g/mol. The molecule has 0 saturated heterocycles. The second kappa shape index (κ2) is 19.1. The van der Waals surface area contributed by atoms with Crippen molar-refractivity contribution in [2.24, 2.45) is 0 Å². The summed E-state index contributed by atoms with van der Waals surface area (Å²) in [5.74, 6) is 0.866. The van der Waals surface area contributed by atoms with Gasteiger partial charge in [-0.05, 0) is 83.9 Å². The molecule has 1 aliphatic rings. The van der Waals surface area contributed by atoms with Crippen molar-refractivity contribution in [1.82, 2.24) is 29.5 Å². The quantitative estimate of drug-likeness (QED) is 0.0489. The van der Waals surface area contributed by atoms with E-state index in [0.717, 1.165) is 83.2 Å². The topological polar surface area (TPSA) is 107 Å². The summed E-state index contributed by atoms with van der Waals surface area (Å²) in [6.07, 6.45) is 9.99. The number of anilines is 1.